The van der Waals surface area contributed by atoms with E-state index in [4.69, 9.17) is 15.0 Å². The van der Waals surface area contributed by atoms with Crippen molar-refractivity contribution in [3.05, 3.63) is 34.8 Å². The molecule has 0 spiro atoms. The van der Waals surface area contributed by atoms with Crippen LogP contribution in [0.5, 0.6) is 0 Å². The lowest BCUT2D eigenvalue weighted by Crippen LogP contribution is -2.41. The van der Waals surface area contributed by atoms with Gasteiger partial charge in [-0.05, 0) is 56.9 Å². The molecule has 0 unspecified atom stereocenters. The van der Waals surface area contributed by atoms with E-state index in [0.717, 1.165) is 11.0 Å². The van der Waals surface area contributed by atoms with E-state index in [1.807, 2.05) is 33.8 Å². The lowest BCUT2D eigenvalue weighted by Gasteiger charge is -2.32. The first-order valence-electron chi connectivity index (χ1n) is 7.17. The zero-order valence-corrected chi connectivity index (χ0v) is 14.3. The average Bonchev–Trinajstić information content (AvgIpc) is 2.64. The van der Waals surface area contributed by atoms with Crippen molar-refractivity contribution in [1.82, 2.24) is 0 Å². The number of nitrogen functional groups attached to an aromatic ring is 1. The van der Waals surface area contributed by atoms with E-state index in [1.54, 1.807) is 18.2 Å². The van der Waals surface area contributed by atoms with Crippen molar-refractivity contribution in [2.24, 2.45) is 0 Å². The van der Waals surface area contributed by atoms with Crippen LogP contribution in [0.1, 0.15) is 38.8 Å². The van der Waals surface area contributed by atoms with Crippen molar-refractivity contribution in [2.45, 2.75) is 38.9 Å². The molecular formula is C16H21BN2O2S. The molecule has 6 heteroatoms. The van der Waals surface area contributed by atoms with Gasteiger partial charge in [0.15, 0.2) is 0 Å². The lowest BCUT2D eigenvalue weighted by atomic mass is 9.78. The first-order valence-corrected chi connectivity index (χ1v) is 7.80. The summed E-state index contributed by atoms with van der Waals surface area (Å²) in [4.78, 5) is 0. The third kappa shape index (κ3) is 3.17. The second kappa shape index (κ2) is 6.00. The highest BCUT2D eigenvalue weighted by atomic mass is 32.1. The van der Waals surface area contributed by atoms with Crippen LogP contribution in [0.3, 0.4) is 0 Å². The van der Waals surface area contributed by atoms with Gasteiger partial charge in [-0.1, -0.05) is 6.08 Å². The van der Waals surface area contributed by atoms with Crippen LogP contribution in [0.15, 0.2) is 23.7 Å². The Balaban J connectivity index is 2.38. The molecule has 0 bridgehead atoms. The van der Waals surface area contributed by atoms with E-state index in [1.165, 1.54) is 0 Å². The SMILES string of the molecule is CC1(C)OB(C(=Cc2cc(N)ccc2C#N)CS)OC1(C)C. The highest BCUT2D eigenvalue weighted by Crippen LogP contribution is 2.39. The smallest absolute Gasteiger partial charge is 0.400 e. The summed E-state index contributed by atoms with van der Waals surface area (Å²) in [7, 11) is -0.476. The third-order valence-corrected chi connectivity index (χ3v) is 4.64. The molecule has 1 aromatic carbocycles. The van der Waals surface area contributed by atoms with E-state index in [-0.39, 0.29) is 0 Å². The molecule has 22 heavy (non-hydrogen) atoms. The van der Waals surface area contributed by atoms with Gasteiger partial charge in [-0.25, -0.2) is 0 Å². The van der Waals surface area contributed by atoms with Crippen LogP contribution in [0.2, 0.25) is 0 Å². The number of nitrogens with zero attached hydrogens (tertiary/aromatic N) is 1. The Hall–Kier alpha value is -1.42. The molecule has 0 aromatic heterocycles. The largest absolute Gasteiger partial charge is 0.491 e. The predicted octanol–water partition coefficient (Wildman–Crippen LogP) is 3.09. The fourth-order valence-corrected chi connectivity index (χ4v) is 2.43. The van der Waals surface area contributed by atoms with E-state index in [0.29, 0.717) is 17.0 Å². The van der Waals surface area contributed by atoms with Crippen molar-refractivity contribution in [3.63, 3.8) is 0 Å². The minimum absolute atomic E-state index is 0.409. The molecule has 0 aliphatic carbocycles. The zero-order chi connectivity index (χ0) is 16.5. The van der Waals surface area contributed by atoms with Crippen LogP contribution in [0.4, 0.5) is 5.69 Å². The molecule has 1 aromatic rings. The van der Waals surface area contributed by atoms with Crippen molar-refractivity contribution in [1.29, 1.82) is 5.26 Å². The molecule has 0 saturated carbocycles. The molecule has 1 fully saturated rings. The summed E-state index contributed by atoms with van der Waals surface area (Å²) in [5.74, 6) is 0.469. The molecule has 4 nitrogen and oxygen atoms in total. The minimum atomic E-state index is -0.476. The fraction of sp³-hybridized carbons (Fsp3) is 0.438. The molecule has 1 aliphatic rings. The van der Waals surface area contributed by atoms with Crippen molar-refractivity contribution < 1.29 is 9.31 Å². The predicted molar refractivity (Wildman–Crippen MR) is 93.5 cm³/mol. The Morgan fingerprint density at radius 1 is 1.32 bits per heavy atom. The molecule has 2 N–H and O–H groups in total. The van der Waals surface area contributed by atoms with E-state index < -0.39 is 18.3 Å². The summed E-state index contributed by atoms with van der Waals surface area (Å²) in [6.07, 6.45) is 1.88. The lowest BCUT2D eigenvalue weighted by molar-refractivity contribution is 0.00578. The summed E-state index contributed by atoms with van der Waals surface area (Å²) >= 11 is 4.38. The Morgan fingerprint density at radius 3 is 2.41 bits per heavy atom. The van der Waals surface area contributed by atoms with Gasteiger partial charge in [0.25, 0.3) is 0 Å². The molecule has 2 rings (SSSR count). The number of benzene rings is 1. The first kappa shape index (κ1) is 16.9. The van der Waals surface area contributed by atoms with E-state index in [2.05, 4.69) is 18.7 Å². The number of thiol groups is 1. The minimum Gasteiger partial charge on any atom is -0.400 e. The second-order valence-electron chi connectivity index (χ2n) is 6.42. The normalized spacial score (nSPS) is 20.0. The van der Waals surface area contributed by atoms with Gasteiger partial charge < -0.3 is 15.0 Å². The number of nitriles is 1. The van der Waals surface area contributed by atoms with Gasteiger partial charge in [0.05, 0.1) is 22.8 Å². The molecule has 1 aliphatic heterocycles. The van der Waals surface area contributed by atoms with Crippen LogP contribution < -0.4 is 5.73 Å². The quantitative estimate of drug-likeness (QED) is 0.511. The third-order valence-electron chi connectivity index (χ3n) is 4.28. The number of rotatable bonds is 3. The van der Waals surface area contributed by atoms with Gasteiger partial charge in [-0.2, -0.15) is 17.9 Å². The van der Waals surface area contributed by atoms with Gasteiger partial charge in [-0.15, -0.1) is 0 Å². The maximum absolute atomic E-state index is 9.22. The molecule has 0 atom stereocenters. The number of anilines is 1. The van der Waals surface area contributed by atoms with Crippen molar-refractivity contribution in [2.75, 3.05) is 11.5 Å². The Kier molecular flexibility index (Phi) is 4.62. The molecule has 0 amide bonds. The van der Waals surface area contributed by atoms with Gasteiger partial charge in [0.2, 0.25) is 0 Å². The van der Waals surface area contributed by atoms with E-state index in [9.17, 15) is 5.26 Å². The maximum atomic E-state index is 9.22. The maximum Gasteiger partial charge on any atom is 0.491 e. The van der Waals surface area contributed by atoms with Crippen LogP contribution >= 0.6 is 12.6 Å². The zero-order valence-electron chi connectivity index (χ0n) is 13.4. The monoisotopic (exact) mass is 316 g/mol. The molecule has 1 heterocycles. The first-order chi connectivity index (χ1) is 10.2. The number of nitrogens with two attached hydrogens (primary N) is 1. The molecular weight excluding hydrogens is 295 g/mol. The van der Waals surface area contributed by atoms with Gasteiger partial charge >= 0.3 is 7.12 Å². The van der Waals surface area contributed by atoms with Crippen LogP contribution in [-0.2, 0) is 9.31 Å². The molecule has 0 radical (unpaired) electrons. The van der Waals surface area contributed by atoms with E-state index >= 15 is 0 Å². The summed E-state index contributed by atoms with van der Waals surface area (Å²) in [6.45, 7) is 8.02. The molecule has 1 saturated heterocycles. The standard InChI is InChI=1S/C16H21BN2O2S/c1-15(2)16(3,4)21-17(20-15)13(10-22)7-12-8-14(19)6-5-11(12)9-18/h5-8,22H,10,19H2,1-4H3. The topological polar surface area (TPSA) is 68.3 Å². The summed E-state index contributed by atoms with van der Waals surface area (Å²) in [5.41, 5.74) is 7.79. The van der Waals surface area contributed by atoms with Gasteiger partial charge in [-0.3, -0.25) is 0 Å². The van der Waals surface area contributed by atoms with Gasteiger partial charge in [0, 0.05) is 11.4 Å². The second-order valence-corrected chi connectivity index (χ2v) is 6.74. The highest BCUT2D eigenvalue weighted by molar-refractivity contribution is 7.80. The van der Waals surface area contributed by atoms with Crippen LogP contribution in [-0.4, -0.2) is 24.1 Å². The number of hydrogen-bond donors (Lipinski definition) is 2. The van der Waals surface area contributed by atoms with Gasteiger partial charge in [0.1, 0.15) is 0 Å². The average molecular weight is 316 g/mol. The van der Waals surface area contributed by atoms with Crippen molar-refractivity contribution >= 4 is 31.5 Å². The Bertz CT molecular complexity index is 634. The summed E-state index contributed by atoms with van der Waals surface area (Å²) < 4.78 is 12.1. The number of hydrogen-bond acceptors (Lipinski definition) is 5. The molecule has 116 valence electrons. The Labute approximate surface area is 137 Å². The van der Waals surface area contributed by atoms with Crippen molar-refractivity contribution in [3.8, 4) is 6.07 Å². The summed E-state index contributed by atoms with van der Waals surface area (Å²) in [5, 5.41) is 9.22. The van der Waals surface area contributed by atoms with Crippen LogP contribution in [0.25, 0.3) is 6.08 Å². The highest BCUT2D eigenvalue weighted by Gasteiger charge is 2.52. The summed E-state index contributed by atoms with van der Waals surface area (Å²) in [6, 6.07) is 7.36. The van der Waals surface area contributed by atoms with Crippen LogP contribution in [0, 0.1) is 11.3 Å². The Morgan fingerprint density at radius 2 is 1.91 bits per heavy atom. The fourth-order valence-electron chi connectivity index (χ4n) is 2.18.